The van der Waals surface area contributed by atoms with Gasteiger partial charge in [0.15, 0.2) is 0 Å². The molecule has 0 saturated heterocycles. The average molecular weight is 373 g/mol. The molecule has 0 aliphatic carbocycles. The smallest absolute Gasteiger partial charge is 0.257 e. The van der Waals surface area contributed by atoms with E-state index in [0.717, 1.165) is 28.8 Å². The fourth-order valence-corrected chi connectivity index (χ4v) is 2.86. The molecular weight excluding hydrogens is 350 g/mol. The van der Waals surface area contributed by atoms with E-state index in [1.54, 1.807) is 6.07 Å². The van der Waals surface area contributed by atoms with Crippen molar-refractivity contribution < 1.29 is 9.59 Å². The topological polar surface area (TPSA) is 71.1 Å². The quantitative estimate of drug-likeness (QED) is 0.677. The third-order valence-corrected chi connectivity index (χ3v) is 4.67. The van der Waals surface area contributed by atoms with Crippen LogP contribution in [0.15, 0.2) is 60.9 Å². The van der Waals surface area contributed by atoms with Crippen LogP contribution < -0.4 is 10.6 Å². The van der Waals surface area contributed by atoms with E-state index in [1.807, 2.05) is 63.2 Å². The van der Waals surface area contributed by atoms with Crippen molar-refractivity contribution in [2.75, 3.05) is 10.6 Å². The van der Waals surface area contributed by atoms with Crippen LogP contribution in [-0.2, 0) is 6.42 Å². The standard InChI is InChI=1S/C23H23N3O2/c1-4-17-7-5-6-8-21(17)26-23(28)19-12-18(13-24-14-19)22(27)25-20-10-9-15(2)16(3)11-20/h5-14H,4H2,1-3H3,(H,25,27)(H,26,28). The largest absolute Gasteiger partial charge is 0.322 e. The van der Waals surface area contributed by atoms with E-state index < -0.39 is 0 Å². The molecule has 3 rings (SSSR count). The van der Waals surface area contributed by atoms with Gasteiger partial charge in [-0.2, -0.15) is 0 Å². The number of hydrogen-bond donors (Lipinski definition) is 2. The Hall–Kier alpha value is -3.47. The van der Waals surface area contributed by atoms with Gasteiger partial charge in [-0.15, -0.1) is 0 Å². The van der Waals surface area contributed by atoms with E-state index in [-0.39, 0.29) is 11.8 Å². The molecule has 5 nitrogen and oxygen atoms in total. The number of pyridine rings is 1. The Morgan fingerprint density at radius 1 is 0.857 bits per heavy atom. The zero-order valence-corrected chi connectivity index (χ0v) is 16.2. The molecule has 2 amide bonds. The van der Waals surface area contributed by atoms with Crippen molar-refractivity contribution in [2.45, 2.75) is 27.2 Å². The van der Waals surface area contributed by atoms with Crippen LogP contribution in [0.4, 0.5) is 11.4 Å². The number of carbonyl (C=O) groups is 2. The first-order valence-electron chi connectivity index (χ1n) is 9.21. The second-order valence-corrected chi connectivity index (χ2v) is 6.68. The van der Waals surface area contributed by atoms with Crippen LogP contribution in [0, 0.1) is 13.8 Å². The summed E-state index contributed by atoms with van der Waals surface area (Å²) in [6.45, 7) is 6.04. The normalized spacial score (nSPS) is 10.4. The SMILES string of the molecule is CCc1ccccc1NC(=O)c1cncc(C(=O)Nc2ccc(C)c(C)c2)c1. The lowest BCUT2D eigenvalue weighted by molar-refractivity contribution is 0.102. The maximum Gasteiger partial charge on any atom is 0.257 e. The highest BCUT2D eigenvalue weighted by molar-refractivity contribution is 6.08. The summed E-state index contributed by atoms with van der Waals surface area (Å²) in [5.41, 5.74) is 5.44. The number of aryl methyl sites for hydroxylation is 3. The number of rotatable bonds is 5. The van der Waals surface area contributed by atoms with E-state index in [1.165, 1.54) is 12.4 Å². The van der Waals surface area contributed by atoms with Crippen LogP contribution in [0.2, 0.25) is 0 Å². The van der Waals surface area contributed by atoms with E-state index >= 15 is 0 Å². The predicted octanol–water partition coefficient (Wildman–Crippen LogP) is 4.77. The summed E-state index contributed by atoms with van der Waals surface area (Å²) in [6, 6.07) is 14.9. The molecule has 28 heavy (non-hydrogen) atoms. The second-order valence-electron chi connectivity index (χ2n) is 6.68. The number of nitrogens with one attached hydrogen (secondary N) is 2. The van der Waals surface area contributed by atoms with Crippen LogP contribution in [-0.4, -0.2) is 16.8 Å². The Balaban J connectivity index is 1.76. The molecule has 0 spiro atoms. The Labute approximate surface area is 164 Å². The summed E-state index contributed by atoms with van der Waals surface area (Å²) in [7, 11) is 0. The molecule has 0 fully saturated rings. The number of aromatic nitrogens is 1. The molecule has 0 atom stereocenters. The van der Waals surface area contributed by atoms with Crippen molar-refractivity contribution >= 4 is 23.2 Å². The Morgan fingerprint density at radius 3 is 2.21 bits per heavy atom. The summed E-state index contributed by atoms with van der Waals surface area (Å²) in [4.78, 5) is 29.2. The number of benzene rings is 2. The zero-order valence-electron chi connectivity index (χ0n) is 16.2. The summed E-state index contributed by atoms with van der Waals surface area (Å²) in [6.07, 6.45) is 3.72. The van der Waals surface area contributed by atoms with Gasteiger partial charge in [0, 0.05) is 23.8 Å². The Bertz CT molecular complexity index is 1030. The third kappa shape index (κ3) is 4.43. The second kappa shape index (κ2) is 8.48. The lowest BCUT2D eigenvalue weighted by atomic mass is 10.1. The van der Waals surface area contributed by atoms with Gasteiger partial charge in [-0.05, 0) is 61.2 Å². The van der Waals surface area contributed by atoms with Crippen molar-refractivity contribution in [1.82, 2.24) is 4.98 Å². The van der Waals surface area contributed by atoms with Crippen molar-refractivity contribution in [3.05, 3.63) is 88.7 Å². The fourth-order valence-electron chi connectivity index (χ4n) is 2.86. The molecule has 0 aliphatic heterocycles. The van der Waals surface area contributed by atoms with Crippen molar-refractivity contribution in [3.8, 4) is 0 Å². The number of anilines is 2. The molecule has 0 saturated carbocycles. The Morgan fingerprint density at radius 2 is 1.54 bits per heavy atom. The van der Waals surface area contributed by atoms with Crippen LogP contribution >= 0.6 is 0 Å². The first-order valence-corrected chi connectivity index (χ1v) is 9.21. The number of nitrogens with zero attached hydrogens (tertiary/aromatic N) is 1. The van der Waals surface area contributed by atoms with Gasteiger partial charge in [-0.1, -0.05) is 31.2 Å². The molecule has 2 aromatic carbocycles. The van der Waals surface area contributed by atoms with Crippen LogP contribution in [0.1, 0.15) is 44.3 Å². The molecule has 3 aromatic rings. The van der Waals surface area contributed by atoms with E-state index in [9.17, 15) is 9.59 Å². The third-order valence-electron chi connectivity index (χ3n) is 4.67. The van der Waals surface area contributed by atoms with Gasteiger partial charge < -0.3 is 10.6 Å². The molecule has 5 heteroatoms. The van der Waals surface area contributed by atoms with Crippen molar-refractivity contribution in [2.24, 2.45) is 0 Å². The fraction of sp³-hybridized carbons (Fsp3) is 0.174. The van der Waals surface area contributed by atoms with E-state index in [4.69, 9.17) is 0 Å². The van der Waals surface area contributed by atoms with Crippen LogP contribution in [0.5, 0.6) is 0 Å². The Kier molecular flexibility index (Phi) is 5.84. The summed E-state index contributed by atoms with van der Waals surface area (Å²) in [5.74, 6) is -0.603. The first kappa shape index (κ1) is 19.3. The summed E-state index contributed by atoms with van der Waals surface area (Å²) >= 11 is 0. The molecule has 0 radical (unpaired) electrons. The number of para-hydroxylation sites is 1. The lowest BCUT2D eigenvalue weighted by Crippen LogP contribution is -2.17. The van der Waals surface area contributed by atoms with Gasteiger partial charge in [0.05, 0.1) is 11.1 Å². The number of carbonyl (C=O) groups excluding carboxylic acids is 2. The first-order chi connectivity index (χ1) is 13.5. The van der Waals surface area contributed by atoms with Gasteiger partial charge in [0.1, 0.15) is 0 Å². The maximum absolute atomic E-state index is 12.6. The molecule has 0 aliphatic rings. The highest BCUT2D eigenvalue weighted by atomic mass is 16.2. The maximum atomic E-state index is 12.6. The minimum Gasteiger partial charge on any atom is -0.322 e. The van der Waals surface area contributed by atoms with Gasteiger partial charge >= 0.3 is 0 Å². The van der Waals surface area contributed by atoms with E-state index in [0.29, 0.717) is 16.8 Å². The lowest BCUT2D eigenvalue weighted by Gasteiger charge is -2.11. The minimum atomic E-state index is -0.306. The van der Waals surface area contributed by atoms with Gasteiger partial charge in [0.25, 0.3) is 11.8 Å². The monoisotopic (exact) mass is 373 g/mol. The van der Waals surface area contributed by atoms with Crippen LogP contribution in [0.3, 0.4) is 0 Å². The highest BCUT2D eigenvalue weighted by Gasteiger charge is 2.13. The zero-order chi connectivity index (χ0) is 20.1. The van der Waals surface area contributed by atoms with Crippen molar-refractivity contribution in [1.29, 1.82) is 0 Å². The molecular formula is C23H23N3O2. The summed E-state index contributed by atoms with van der Waals surface area (Å²) < 4.78 is 0. The number of hydrogen-bond acceptors (Lipinski definition) is 3. The van der Waals surface area contributed by atoms with Gasteiger partial charge in [0.2, 0.25) is 0 Å². The molecule has 1 aromatic heterocycles. The molecule has 0 bridgehead atoms. The van der Waals surface area contributed by atoms with Gasteiger partial charge in [-0.3, -0.25) is 14.6 Å². The molecule has 1 heterocycles. The highest BCUT2D eigenvalue weighted by Crippen LogP contribution is 2.18. The predicted molar refractivity (Wildman–Crippen MR) is 112 cm³/mol. The average Bonchev–Trinajstić information content (AvgIpc) is 2.71. The van der Waals surface area contributed by atoms with Gasteiger partial charge in [-0.25, -0.2) is 0 Å². The molecule has 0 unspecified atom stereocenters. The summed E-state index contributed by atoms with van der Waals surface area (Å²) in [5, 5.41) is 5.75. The van der Waals surface area contributed by atoms with Crippen LogP contribution in [0.25, 0.3) is 0 Å². The van der Waals surface area contributed by atoms with E-state index in [2.05, 4.69) is 15.6 Å². The molecule has 2 N–H and O–H groups in total. The molecule has 142 valence electrons. The number of amides is 2. The minimum absolute atomic E-state index is 0.297. The van der Waals surface area contributed by atoms with Crippen molar-refractivity contribution in [3.63, 3.8) is 0 Å².